The van der Waals surface area contributed by atoms with Gasteiger partial charge in [-0.05, 0) is 36.6 Å². The zero-order valence-electron chi connectivity index (χ0n) is 16.4. The van der Waals surface area contributed by atoms with Crippen molar-refractivity contribution in [3.63, 3.8) is 0 Å². The number of nitrogen functional groups attached to an aromatic ring is 1. The van der Waals surface area contributed by atoms with Crippen molar-refractivity contribution in [1.29, 1.82) is 0 Å². The fourth-order valence-electron chi connectivity index (χ4n) is 3.27. The van der Waals surface area contributed by atoms with Gasteiger partial charge in [-0.2, -0.15) is 5.10 Å². The van der Waals surface area contributed by atoms with Crippen molar-refractivity contribution in [2.24, 2.45) is 0 Å². The first-order chi connectivity index (χ1) is 14.0. The summed E-state index contributed by atoms with van der Waals surface area (Å²) >= 11 is 0. The Morgan fingerprint density at radius 1 is 1.24 bits per heavy atom. The number of hydrogen-bond donors (Lipinski definition) is 3. The zero-order valence-corrected chi connectivity index (χ0v) is 16.4. The van der Waals surface area contributed by atoms with Crippen LogP contribution in [0, 0.1) is 0 Å². The molecule has 0 aliphatic rings. The van der Waals surface area contributed by atoms with Crippen molar-refractivity contribution < 1.29 is 4.79 Å². The van der Waals surface area contributed by atoms with Gasteiger partial charge in [-0.25, -0.2) is 4.68 Å². The van der Waals surface area contributed by atoms with Gasteiger partial charge in [-0.15, -0.1) is 5.10 Å². The Labute approximate surface area is 168 Å². The van der Waals surface area contributed by atoms with Gasteiger partial charge in [0.25, 0.3) is 0 Å². The minimum Gasteiger partial charge on any atom is -0.382 e. The Morgan fingerprint density at radius 3 is 2.79 bits per heavy atom. The van der Waals surface area contributed by atoms with Gasteiger partial charge in [0.1, 0.15) is 12.2 Å². The van der Waals surface area contributed by atoms with Crippen LogP contribution in [-0.4, -0.2) is 31.1 Å². The largest absolute Gasteiger partial charge is 0.382 e. The molecule has 2 aromatic carbocycles. The van der Waals surface area contributed by atoms with Gasteiger partial charge in [0.2, 0.25) is 5.91 Å². The summed E-state index contributed by atoms with van der Waals surface area (Å²) in [5, 5.41) is 19.0. The lowest BCUT2D eigenvalue weighted by atomic mass is 10.1. The third-order valence-corrected chi connectivity index (χ3v) is 5.00. The number of aromatic nitrogens is 5. The molecule has 4 aromatic rings. The van der Waals surface area contributed by atoms with Crippen molar-refractivity contribution in [2.75, 3.05) is 5.73 Å². The quantitative estimate of drug-likeness (QED) is 0.469. The second-order valence-electron chi connectivity index (χ2n) is 7.05. The molecule has 1 unspecified atom stereocenters. The Balaban J connectivity index is 1.41. The number of H-pyrrole nitrogens is 1. The summed E-state index contributed by atoms with van der Waals surface area (Å²) in [4.78, 5) is 12.4. The van der Waals surface area contributed by atoms with Crippen LogP contribution in [0.4, 0.5) is 5.82 Å². The van der Waals surface area contributed by atoms with E-state index in [0.717, 1.165) is 28.5 Å². The number of carbonyl (C=O) groups excluding carboxylic acids is 1. The fourth-order valence-corrected chi connectivity index (χ4v) is 3.27. The summed E-state index contributed by atoms with van der Waals surface area (Å²) in [6.45, 7) is 4.19. The van der Waals surface area contributed by atoms with Crippen LogP contribution in [0.3, 0.4) is 0 Å². The topological polar surface area (TPSA) is 115 Å². The summed E-state index contributed by atoms with van der Waals surface area (Å²) in [5.74, 6) is 0.343. The second-order valence-corrected chi connectivity index (χ2v) is 7.05. The maximum atomic E-state index is 12.4. The number of nitrogens with two attached hydrogens (primary N) is 1. The van der Waals surface area contributed by atoms with E-state index in [1.165, 1.54) is 10.2 Å². The lowest BCUT2D eigenvalue weighted by Crippen LogP contribution is -2.30. The first-order valence-electron chi connectivity index (χ1n) is 9.56. The number of fused-ring (bicyclic) bond motifs is 1. The van der Waals surface area contributed by atoms with Crippen LogP contribution in [-0.2, 0) is 17.8 Å². The molecular weight excluding hydrogens is 366 g/mol. The highest BCUT2D eigenvalue weighted by molar-refractivity contribution is 5.91. The molecule has 8 heteroatoms. The van der Waals surface area contributed by atoms with Crippen LogP contribution in [0.1, 0.15) is 31.0 Å². The lowest BCUT2D eigenvalue weighted by Gasteiger charge is -2.14. The number of hydrogen-bond acceptors (Lipinski definition) is 5. The van der Waals surface area contributed by atoms with E-state index in [0.29, 0.717) is 11.5 Å². The first kappa shape index (κ1) is 18.7. The number of aromatic amines is 1. The van der Waals surface area contributed by atoms with Crippen LogP contribution in [0.2, 0.25) is 0 Å². The smallest absolute Gasteiger partial charge is 0.242 e. The number of anilines is 1. The molecule has 0 aliphatic heterocycles. The molecule has 1 atom stereocenters. The molecule has 0 radical (unpaired) electrons. The van der Waals surface area contributed by atoms with Crippen molar-refractivity contribution in [2.45, 2.75) is 32.9 Å². The molecule has 8 nitrogen and oxygen atoms in total. The molecule has 0 fully saturated rings. The van der Waals surface area contributed by atoms with Crippen molar-refractivity contribution in [1.82, 2.24) is 30.5 Å². The Morgan fingerprint density at radius 2 is 2.03 bits per heavy atom. The van der Waals surface area contributed by atoms with Gasteiger partial charge in [0.15, 0.2) is 5.82 Å². The standard InChI is InChI=1S/C21H23N7O/c1-3-14-4-6-15(7-5-14)13(2)23-20(29)12-28-11-19(25-27-28)16-8-9-17-18(10-16)24-26-21(17)22/h4-11,13H,3,12H2,1-2H3,(H,23,29)(H3,22,24,26). The van der Waals surface area contributed by atoms with Gasteiger partial charge in [0.05, 0.1) is 17.8 Å². The Hall–Kier alpha value is -3.68. The highest BCUT2D eigenvalue weighted by Gasteiger charge is 2.12. The first-order valence-corrected chi connectivity index (χ1v) is 9.56. The molecular formula is C21H23N7O. The molecule has 0 spiro atoms. The van der Waals surface area contributed by atoms with Crippen LogP contribution in [0.25, 0.3) is 22.2 Å². The van der Waals surface area contributed by atoms with E-state index in [9.17, 15) is 4.79 Å². The van der Waals surface area contributed by atoms with E-state index in [2.05, 4.69) is 57.0 Å². The maximum Gasteiger partial charge on any atom is 0.242 e. The maximum absolute atomic E-state index is 12.4. The number of nitrogens with zero attached hydrogens (tertiary/aromatic N) is 4. The summed E-state index contributed by atoms with van der Waals surface area (Å²) < 4.78 is 1.53. The van der Waals surface area contributed by atoms with Crippen LogP contribution in [0.5, 0.6) is 0 Å². The zero-order chi connectivity index (χ0) is 20.4. The van der Waals surface area contributed by atoms with Gasteiger partial charge in [-0.1, -0.05) is 42.5 Å². The average Bonchev–Trinajstić information content (AvgIpc) is 3.34. The molecule has 148 valence electrons. The van der Waals surface area contributed by atoms with E-state index in [4.69, 9.17) is 5.73 Å². The van der Waals surface area contributed by atoms with Gasteiger partial charge < -0.3 is 11.1 Å². The highest BCUT2D eigenvalue weighted by Crippen LogP contribution is 2.24. The molecule has 2 heterocycles. The molecule has 0 bridgehead atoms. The van der Waals surface area contributed by atoms with E-state index in [1.54, 1.807) is 6.20 Å². The molecule has 29 heavy (non-hydrogen) atoms. The minimum absolute atomic E-state index is 0.0790. The normalized spacial score (nSPS) is 12.2. The molecule has 0 saturated heterocycles. The highest BCUT2D eigenvalue weighted by atomic mass is 16.2. The Bertz CT molecular complexity index is 1140. The molecule has 4 rings (SSSR count). The summed E-state index contributed by atoms with van der Waals surface area (Å²) in [6, 6.07) is 13.9. The number of aryl methyl sites for hydroxylation is 1. The van der Waals surface area contributed by atoms with E-state index >= 15 is 0 Å². The molecule has 0 saturated carbocycles. The lowest BCUT2D eigenvalue weighted by molar-refractivity contribution is -0.122. The monoisotopic (exact) mass is 389 g/mol. The van der Waals surface area contributed by atoms with Crippen LogP contribution >= 0.6 is 0 Å². The predicted octanol–water partition coefficient (Wildman–Crippen LogP) is 2.84. The van der Waals surface area contributed by atoms with Crippen LogP contribution in [0.15, 0.2) is 48.7 Å². The van der Waals surface area contributed by atoms with Crippen molar-refractivity contribution in [3.05, 3.63) is 59.8 Å². The molecule has 1 amide bonds. The van der Waals surface area contributed by atoms with Crippen molar-refractivity contribution in [3.8, 4) is 11.3 Å². The van der Waals surface area contributed by atoms with Crippen molar-refractivity contribution >= 4 is 22.6 Å². The molecule has 4 N–H and O–H groups in total. The van der Waals surface area contributed by atoms with Crippen LogP contribution < -0.4 is 11.1 Å². The number of carbonyl (C=O) groups is 1. The van der Waals surface area contributed by atoms with Gasteiger partial charge in [0, 0.05) is 10.9 Å². The van der Waals surface area contributed by atoms with E-state index < -0.39 is 0 Å². The van der Waals surface area contributed by atoms with E-state index in [1.807, 2.05) is 25.1 Å². The van der Waals surface area contributed by atoms with Gasteiger partial charge in [-0.3, -0.25) is 9.89 Å². The molecule has 2 aromatic heterocycles. The summed E-state index contributed by atoms with van der Waals surface area (Å²) in [6.07, 6.45) is 2.75. The SMILES string of the molecule is CCc1ccc(C(C)NC(=O)Cn2cc(-c3ccc4c(N)n[nH]c4c3)nn2)cc1. The number of amides is 1. The third kappa shape index (κ3) is 3.96. The number of rotatable bonds is 6. The molecule has 0 aliphatic carbocycles. The third-order valence-electron chi connectivity index (χ3n) is 5.00. The number of nitrogens with one attached hydrogen (secondary N) is 2. The summed E-state index contributed by atoms with van der Waals surface area (Å²) in [5.41, 5.74) is 10.5. The number of benzene rings is 2. The summed E-state index contributed by atoms with van der Waals surface area (Å²) in [7, 11) is 0. The Kier molecular flexibility index (Phi) is 4.99. The average molecular weight is 389 g/mol. The predicted molar refractivity (Wildman–Crippen MR) is 112 cm³/mol. The van der Waals surface area contributed by atoms with E-state index in [-0.39, 0.29) is 18.5 Å². The fraction of sp³-hybridized carbons (Fsp3) is 0.238. The van der Waals surface area contributed by atoms with Gasteiger partial charge >= 0.3 is 0 Å². The second kappa shape index (κ2) is 7.75. The minimum atomic E-state index is -0.120.